The number of carbonyl (C=O) groups is 1. The number of nitrogens with one attached hydrogen (secondary N) is 1. The van der Waals surface area contributed by atoms with Crippen molar-refractivity contribution >= 4 is 35.2 Å². The fraction of sp³-hybridized carbons (Fsp3) is 0.133. The van der Waals surface area contributed by atoms with Crippen LogP contribution in [-0.4, -0.2) is 12.5 Å². The van der Waals surface area contributed by atoms with Crippen molar-refractivity contribution in [3.8, 4) is 0 Å². The lowest BCUT2D eigenvalue weighted by atomic mass is 10.1. The number of carbonyl (C=O) groups excluding carboxylic acids is 1. The average Bonchev–Trinajstić information content (AvgIpc) is 2.92. The molecule has 0 aliphatic heterocycles. The molecule has 0 bridgehead atoms. The molecule has 1 amide bonds. The Balaban J connectivity index is 1.79. The van der Waals surface area contributed by atoms with Crippen molar-refractivity contribution in [3.63, 3.8) is 0 Å². The SMILES string of the molecule is O=C(/C=C/c1ccco1)NCCc1ccc(Cl)cc1Cl. The van der Waals surface area contributed by atoms with E-state index < -0.39 is 0 Å². The van der Waals surface area contributed by atoms with E-state index in [0.717, 1.165) is 5.56 Å². The van der Waals surface area contributed by atoms with E-state index >= 15 is 0 Å². The summed E-state index contributed by atoms with van der Waals surface area (Å²) in [4.78, 5) is 11.6. The molecule has 5 heteroatoms. The second-order valence-corrected chi connectivity index (χ2v) is 4.97. The van der Waals surface area contributed by atoms with Gasteiger partial charge in [-0.3, -0.25) is 4.79 Å². The van der Waals surface area contributed by atoms with E-state index in [1.807, 2.05) is 6.07 Å². The third-order valence-corrected chi connectivity index (χ3v) is 3.24. The molecule has 1 heterocycles. The molecule has 0 unspecified atom stereocenters. The summed E-state index contributed by atoms with van der Waals surface area (Å²) >= 11 is 11.9. The van der Waals surface area contributed by atoms with Crippen LogP contribution in [0, 0.1) is 0 Å². The van der Waals surface area contributed by atoms with Crippen molar-refractivity contribution in [3.05, 3.63) is 64.0 Å². The van der Waals surface area contributed by atoms with E-state index in [4.69, 9.17) is 27.6 Å². The topological polar surface area (TPSA) is 42.2 Å². The van der Waals surface area contributed by atoms with E-state index in [0.29, 0.717) is 28.8 Å². The number of halogens is 2. The van der Waals surface area contributed by atoms with Gasteiger partial charge in [-0.25, -0.2) is 0 Å². The number of benzene rings is 1. The van der Waals surface area contributed by atoms with Crippen LogP contribution in [0.25, 0.3) is 6.08 Å². The highest BCUT2D eigenvalue weighted by Crippen LogP contribution is 2.20. The van der Waals surface area contributed by atoms with Gasteiger partial charge in [-0.2, -0.15) is 0 Å². The molecule has 1 N–H and O–H groups in total. The van der Waals surface area contributed by atoms with Crippen molar-refractivity contribution in [1.29, 1.82) is 0 Å². The average molecular weight is 310 g/mol. The predicted molar refractivity (Wildman–Crippen MR) is 80.9 cm³/mol. The maximum atomic E-state index is 11.6. The molecule has 0 fully saturated rings. The Morgan fingerprint density at radius 2 is 2.15 bits per heavy atom. The van der Waals surface area contributed by atoms with Crippen molar-refractivity contribution in [2.45, 2.75) is 6.42 Å². The van der Waals surface area contributed by atoms with Gasteiger partial charge in [0.2, 0.25) is 5.91 Å². The summed E-state index contributed by atoms with van der Waals surface area (Å²) in [6, 6.07) is 8.87. The molecule has 1 aromatic carbocycles. The molecule has 0 atom stereocenters. The summed E-state index contributed by atoms with van der Waals surface area (Å²) < 4.78 is 5.09. The van der Waals surface area contributed by atoms with Gasteiger partial charge in [0.05, 0.1) is 6.26 Å². The van der Waals surface area contributed by atoms with Gasteiger partial charge in [-0.15, -0.1) is 0 Å². The zero-order valence-corrected chi connectivity index (χ0v) is 12.1. The minimum atomic E-state index is -0.175. The summed E-state index contributed by atoms with van der Waals surface area (Å²) in [6.07, 6.45) is 5.25. The quantitative estimate of drug-likeness (QED) is 0.849. The fourth-order valence-electron chi connectivity index (χ4n) is 1.65. The van der Waals surface area contributed by atoms with Crippen molar-refractivity contribution < 1.29 is 9.21 Å². The predicted octanol–water partition coefficient (Wildman–Crippen LogP) is 3.96. The molecule has 1 aromatic heterocycles. The summed E-state index contributed by atoms with van der Waals surface area (Å²) in [7, 11) is 0. The lowest BCUT2D eigenvalue weighted by Crippen LogP contribution is -2.23. The minimum absolute atomic E-state index is 0.175. The Labute approximate surface area is 127 Å². The molecule has 2 aromatic rings. The van der Waals surface area contributed by atoms with Gasteiger partial charge in [-0.05, 0) is 42.3 Å². The fourth-order valence-corrected chi connectivity index (χ4v) is 2.15. The first-order valence-corrected chi connectivity index (χ1v) is 6.84. The van der Waals surface area contributed by atoms with Crippen LogP contribution < -0.4 is 5.32 Å². The molecule has 0 spiro atoms. The highest BCUT2D eigenvalue weighted by Gasteiger charge is 2.02. The van der Waals surface area contributed by atoms with E-state index in [1.54, 1.807) is 36.6 Å². The van der Waals surface area contributed by atoms with Crippen LogP contribution in [0.5, 0.6) is 0 Å². The number of furan rings is 1. The van der Waals surface area contributed by atoms with Crippen LogP contribution in [0.15, 0.2) is 47.1 Å². The summed E-state index contributed by atoms with van der Waals surface area (Å²) in [6.45, 7) is 0.503. The second-order valence-electron chi connectivity index (χ2n) is 4.13. The molecular formula is C15H13Cl2NO2. The van der Waals surface area contributed by atoms with Crippen LogP contribution in [0.4, 0.5) is 0 Å². The first-order chi connectivity index (χ1) is 9.65. The van der Waals surface area contributed by atoms with Gasteiger partial charge in [0.1, 0.15) is 5.76 Å². The second kappa shape index (κ2) is 7.17. The first-order valence-electron chi connectivity index (χ1n) is 6.08. The maximum absolute atomic E-state index is 11.6. The van der Waals surface area contributed by atoms with Gasteiger partial charge in [-0.1, -0.05) is 29.3 Å². The van der Waals surface area contributed by atoms with Gasteiger partial charge in [0.15, 0.2) is 0 Å². The van der Waals surface area contributed by atoms with E-state index in [-0.39, 0.29) is 5.91 Å². The molecule has 20 heavy (non-hydrogen) atoms. The Kier molecular flexibility index (Phi) is 5.27. The smallest absolute Gasteiger partial charge is 0.244 e. The van der Waals surface area contributed by atoms with Crippen LogP contribution in [0.1, 0.15) is 11.3 Å². The molecule has 2 rings (SSSR count). The number of hydrogen-bond acceptors (Lipinski definition) is 2. The number of amides is 1. The lowest BCUT2D eigenvalue weighted by molar-refractivity contribution is -0.116. The van der Waals surface area contributed by atoms with Crippen LogP contribution >= 0.6 is 23.2 Å². The number of hydrogen-bond donors (Lipinski definition) is 1. The van der Waals surface area contributed by atoms with Crippen LogP contribution in [0.3, 0.4) is 0 Å². The van der Waals surface area contributed by atoms with Crippen molar-refractivity contribution in [2.75, 3.05) is 6.54 Å². The van der Waals surface area contributed by atoms with Gasteiger partial charge in [0.25, 0.3) is 0 Å². The largest absolute Gasteiger partial charge is 0.465 e. The first kappa shape index (κ1) is 14.7. The zero-order chi connectivity index (χ0) is 14.4. The van der Waals surface area contributed by atoms with Crippen LogP contribution in [-0.2, 0) is 11.2 Å². The van der Waals surface area contributed by atoms with Crippen molar-refractivity contribution in [1.82, 2.24) is 5.32 Å². The highest BCUT2D eigenvalue weighted by atomic mass is 35.5. The maximum Gasteiger partial charge on any atom is 0.244 e. The van der Waals surface area contributed by atoms with E-state index in [2.05, 4.69) is 5.32 Å². The Hall–Kier alpha value is -1.71. The minimum Gasteiger partial charge on any atom is -0.465 e. The molecule has 0 saturated carbocycles. The molecule has 3 nitrogen and oxygen atoms in total. The number of rotatable bonds is 5. The molecule has 0 saturated heterocycles. The van der Waals surface area contributed by atoms with E-state index in [9.17, 15) is 4.79 Å². The van der Waals surface area contributed by atoms with Crippen molar-refractivity contribution in [2.24, 2.45) is 0 Å². The van der Waals surface area contributed by atoms with Gasteiger partial charge >= 0.3 is 0 Å². The Bertz CT molecular complexity index is 606. The van der Waals surface area contributed by atoms with E-state index in [1.165, 1.54) is 6.08 Å². The van der Waals surface area contributed by atoms with Crippen LogP contribution in [0.2, 0.25) is 10.0 Å². The van der Waals surface area contributed by atoms with Gasteiger partial charge in [0, 0.05) is 22.7 Å². The normalized spacial score (nSPS) is 10.9. The Morgan fingerprint density at radius 3 is 2.85 bits per heavy atom. The lowest BCUT2D eigenvalue weighted by Gasteiger charge is -2.05. The standard InChI is InChI=1S/C15H13Cl2NO2/c16-12-4-3-11(14(17)10-12)7-8-18-15(19)6-5-13-2-1-9-20-13/h1-6,9-10H,7-8H2,(H,18,19)/b6-5+. The molecule has 0 radical (unpaired) electrons. The zero-order valence-electron chi connectivity index (χ0n) is 10.6. The third-order valence-electron chi connectivity index (χ3n) is 2.65. The highest BCUT2D eigenvalue weighted by molar-refractivity contribution is 6.35. The molecule has 104 valence electrons. The molecular weight excluding hydrogens is 297 g/mol. The molecule has 0 aliphatic rings. The molecule has 0 aliphatic carbocycles. The summed E-state index contributed by atoms with van der Waals surface area (Å²) in [5, 5.41) is 3.99. The Morgan fingerprint density at radius 1 is 1.30 bits per heavy atom. The monoisotopic (exact) mass is 309 g/mol. The summed E-state index contributed by atoms with van der Waals surface area (Å²) in [5.74, 6) is 0.465. The van der Waals surface area contributed by atoms with Gasteiger partial charge < -0.3 is 9.73 Å². The third kappa shape index (κ3) is 4.44. The summed E-state index contributed by atoms with van der Waals surface area (Å²) in [5.41, 5.74) is 0.950.